The van der Waals surface area contributed by atoms with Crippen LogP contribution in [0.5, 0.6) is 5.75 Å². The Labute approximate surface area is 94.3 Å². The van der Waals surface area contributed by atoms with Crippen molar-refractivity contribution in [2.75, 3.05) is 6.61 Å². The highest BCUT2D eigenvalue weighted by molar-refractivity contribution is 5.23. The molecule has 0 spiro atoms. The molecular weight excluding hydrogens is 209 g/mol. The van der Waals surface area contributed by atoms with Crippen LogP contribution in [-0.2, 0) is 4.74 Å². The molecule has 2 rings (SSSR count). The number of ether oxygens (including phenoxy) is 2. The van der Waals surface area contributed by atoms with Crippen LogP contribution in [0.1, 0.15) is 13.3 Å². The standard InChI is InChI=1S/C12H16FNO2/c1-2-15-12-10(14)7-11(12)16-9-5-3-8(13)4-6-9/h3-6,10-12H,2,7,14H2,1H3. The molecule has 1 aromatic carbocycles. The molecule has 1 saturated carbocycles. The Morgan fingerprint density at radius 2 is 2.06 bits per heavy atom. The molecule has 3 unspecified atom stereocenters. The quantitative estimate of drug-likeness (QED) is 0.848. The first-order valence-corrected chi connectivity index (χ1v) is 5.50. The van der Waals surface area contributed by atoms with Crippen LogP contribution in [0.4, 0.5) is 4.39 Å². The second-order valence-electron chi connectivity index (χ2n) is 3.93. The summed E-state index contributed by atoms with van der Waals surface area (Å²) < 4.78 is 23.8. The minimum atomic E-state index is -0.265. The van der Waals surface area contributed by atoms with Crippen molar-refractivity contribution in [3.8, 4) is 5.75 Å². The zero-order valence-corrected chi connectivity index (χ0v) is 9.23. The second kappa shape index (κ2) is 4.80. The van der Waals surface area contributed by atoms with E-state index in [0.717, 1.165) is 6.42 Å². The van der Waals surface area contributed by atoms with Gasteiger partial charge in [0.1, 0.15) is 23.8 Å². The fourth-order valence-corrected chi connectivity index (χ4v) is 1.84. The van der Waals surface area contributed by atoms with Crippen LogP contribution in [0.15, 0.2) is 24.3 Å². The number of hydrogen-bond acceptors (Lipinski definition) is 3. The molecule has 0 amide bonds. The normalized spacial score (nSPS) is 28.6. The summed E-state index contributed by atoms with van der Waals surface area (Å²) in [5, 5.41) is 0. The van der Waals surface area contributed by atoms with Gasteiger partial charge in [-0.2, -0.15) is 0 Å². The molecule has 3 nitrogen and oxygen atoms in total. The first kappa shape index (κ1) is 11.4. The zero-order valence-electron chi connectivity index (χ0n) is 9.23. The van der Waals surface area contributed by atoms with Gasteiger partial charge in [-0.05, 0) is 31.2 Å². The van der Waals surface area contributed by atoms with Gasteiger partial charge in [0.15, 0.2) is 0 Å². The lowest BCUT2D eigenvalue weighted by molar-refractivity contribution is -0.0945. The van der Waals surface area contributed by atoms with Crippen molar-refractivity contribution >= 4 is 0 Å². The smallest absolute Gasteiger partial charge is 0.128 e. The fraction of sp³-hybridized carbons (Fsp3) is 0.500. The van der Waals surface area contributed by atoms with Crippen LogP contribution in [0, 0.1) is 5.82 Å². The third-order valence-corrected chi connectivity index (χ3v) is 2.75. The molecule has 1 fully saturated rings. The summed E-state index contributed by atoms with van der Waals surface area (Å²) in [7, 11) is 0. The molecule has 0 aromatic heterocycles. The minimum Gasteiger partial charge on any atom is -0.488 e. The Bertz CT molecular complexity index is 341. The lowest BCUT2D eigenvalue weighted by atomic mass is 9.86. The molecule has 2 N–H and O–H groups in total. The third-order valence-electron chi connectivity index (χ3n) is 2.75. The Morgan fingerprint density at radius 3 is 2.62 bits per heavy atom. The molecule has 0 bridgehead atoms. The highest BCUT2D eigenvalue weighted by Crippen LogP contribution is 2.27. The van der Waals surface area contributed by atoms with E-state index in [1.165, 1.54) is 12.1 Å². The van der Waals surface area contributed by atoms with Gasteiger partial charge in [0.2, 0.25) is 0 Å². The molecule has 16 heavy (non-hydrogen) atoms. The first-order chi connectivity index (χ1) is 7.70. The van der Waals surface area contributed by atoms with E-state index in [0.29, 0.717) is 12.4 Å². The lowest BCUT2D eigenvalue weighted by Crippen LogP contribution is -2.59. The van der Waals surface area contributed by atoms with Crippen LogP contribution in [0.3, 0.4) is 0 Å². The highest BCUT2D eigenvalue weighted by Gasteiger charge is 2.41. The van der Waals surface area contributed by atoms with Crippen LogP contribution >= 0.6 is 0 Å². The highest BCUT2D eigenvalue weighted by atomic mass is 19.1. The van der Waals surface area contributed by atoms with E-state index in [9.17, 15) is 4.39 Å². The zero-order chi connectivity index (χ0) is 11.5. The van der Waals surface area contributed by atoms with Gasteiger partial charge in [-0.1, -0.05) is 0 Å². The van der Waals surface area contributed by atoms with Crippen LogP contribution in [0.25, 0.3) is 0 Å². The molecule has 4 heteroatoms. The largest absolute Gasteiger partial charge is 0.488 e. The molecule has 3 atom stereocenters. The van der Waals surface area contributed by atoms with E-state index in [-0.39, 0.29) is 24.1 Å². The van der Waals surface area contributed by atoms with E-state index < -0.39 is 0 Å². The molecular formula is C12H16FNO2. The summed E-state index contributed by atoms with van der Waals surface area (Å²) in [5.74, 6) is 0.391. The summed E-state index contributed by atoms with van der Waals surface area (Å²) in [6, 6.07) is 6.03. The fourth-order valence-electron chi connectivity index (χ4n) is 1.84. The summed E-state index contributed by atoms with van der Waals surface area (Å²) in [5.41, 5.74) is 5.81. The van der Waals surface area contributed by atoms with E-state index in [4.69, 9.17) is 15.2 Å². The van der Waals surface area contributed by atoms with Gasteiger partial charge in [-0.3, -0.25) is 0 Å². The molecule has 0 aliphatic heterocycles. The van der Waals surface area contributed by atoms with Gasteiger partial charge in [0.05, 0.1) is 0 Å². The summed E-state index contributed by atoms with van der Waals surface area (Å²) in [6.07, 6.45) is 0.720. The average Bonchev–Trinajstić information content (AvgIpc) is 2.28. The maximum absolute atomic E-state index is 12.7. The number of rotatable bonds is 4. The Morgan fingerprint density at radius 1 is 1.38 bits per heavy atom. The van der Waals surface area contributed by atoms with Gasteiger partial charge in [0.25, 0.3) is 0 Å². The molecule has 0 heterocycles. The molecule has 1 aromatic rings. The Kier molecular flexibility index (Phi) is 3.41. The predicted octanol–water partition coefficient (Wildman–Crippen LogP) is 1.71. The van der Waals surface area contributed by atoms with Gasteiger partial charge in [-0.15, -0.1) is 0 Å². The first-order valence-electron chi connectivity index (χ1n) is 5.50. The lowest BCUT2D eigenvalue weighted by Gasteiger charge is -2.41. The summed E-state index contributed by atoms with van der Waals surface area (Å²) >= 11 is 0. The van der Waals surface area contributed by atoms with Crippen molar-refractivity contribution < 1.29 is 13.9 Å². The molecule has 1 aliphatic carbocycles. The minimum absolute atomic E-state index is 0.0135. The van der Waals surface area contributed by atoms with Crippen molar-refractivity contribution in [2.45, 2.75) is 31.6 Å². The van der Waals surface area contributed by atoms with E-state index >= 15 is 0 Å². The van der Waals surface area contributed by atoms with Gasteiger partial charge < -0.3 is 15.2 Å². The predicted molar refractivity (Wildman–Crippen MR) is 58.8 cm³/mol. The van der Waals surface area contributed by atoms with Gasteiger partial charge in [-0.25, -0.2) is 4.39 Å². The molecule has 0 radical (unpaired) electrons. The average molecular weight is 225 g/mol. The van der Waals surface area contributed by atoms with Gasteiger partial charge >= 0.3 is 0 Å². The van der Waals surface area contributed by atoms with Crippen molar-refractivity contribution in [1.82, 2.24) is 0 Å². The topological polar surface area (TPSA) is 44.5 Å². The summed E-state index contributed by atoms with van der Waals surface area (Å²) in [4.78, 5) is 0. The van der Waals surface area contributed by atoms with Crippen molar-refractivity contribution in [2.24, 2.45) is 5.73 Å². The van der Waals surface area contributed by atoms with Crippen LogP contribution in [0.2, 0.25) is 0 Å². The number of hydrogen-bond donors (Lipinski definition) is 1. The molecule has 0 saturated heterocycles. The van der Waals surface area contributed by atoms with Crippen LogP contribution < -0.4 is 10.5 Å². The molecule has 1 aliphatic rings. The number of nitrogens with two attached hydrogens (primary N) is 1. The van der Waals surface area contributed by atoms with E-state index in [1.807, 2.05) is 6.92 Å². The number of benzene rings is 1. The third kappa shape index (κ3) is 2.33. The van der Waals surface area contributed by atoms with Crippen molar-refractivity contribution in [3.63, 3.8) is 0 Å². The SMILES string of the molecule is CCOC1C(N)CC1Oc1ccc(F)cc1. The second-order valence-corrected chi connectivity index (χ2v) is 3.93. The number of halogens is 1. The van der Waals surface area contributed by atoms with E-state index in [2.05, 4.69) is 0 Å². The van der Waals surface area contributed by atoms with Crippen LogP contribution in [-0.4, -0.2) is 24.9 Å². The maximum atomic E-state index is 12.7. The summed E-state index contributed by atoms with van der Waals surface area (Å²) in [6.45, 7) is 2.56. The maximum Gasteiger partial charge on any atom is 0.128 e. The van der Waals surface area contributed by atoms with Crippen molar-refractivity contribution in [3.05, 3.63) is 30.1 Å². The monoisotopic (exact) mass is 225 g/mol. The van der Waals surface area contributed by atoms with Crippen molar-refractivity contribution in [1.29, 1.82) is 0 Å². The van der Waals surface area contributed by atoms with E-state index in [1.54, 1.807) is 12.1 Å². The molecule has 88 valence electrons. The van der Waals surface area contributed by atoms with Gasteiger partial charge in [0, 0.05) is 19.1 Å². The Hall–Kier alpha value is -1.13. The Balaban J connectivity index is 1.92.